The van der Waals surface area contributed by atoms with E-state index in [1.54, 1.807) is 19.1 Å². The lowest BCUT2D eigenvalue weighted by Gasteiger charge is -2.11. The van der Waals surface area contributed by atoms with E-state index in [0.29, 0.717) is 21.2 Å². The summed E-state index contributed by atoms with van der Waals surface area (Å²) in [5.41, 5.74) is 7.07. The van der Waals surface area contributed by atoms with Crippen LogP contribution in [0.3, 0.4) is 0 Å². The summed E-state index contributed by atoms with van der Waals surface area (Å²) in [6, 6.07) is 3.43. The van der Waals surface area contributed by atoms with Gasteiger partial charge in [0.1, 0.15) is 0 Å². The minimum atomic E-state index is -0.282. The van der Waals surface area contributed by atoms with Gasteiger partial charge in [0.05, 0.1) is 16.7 Å². The molecule has 0 saturated carbocycles. The molecular weight excluding hydrogens is 300 g/mol. The van der Waals surface area contributed by atoms with Gasteiger partial charge in [-0.3, -0.25) is 4.79 Å². The van der Waals surface area contributed by atoms with E-state index in [4.69, 9.17) is 5.73 Å². The number of rotatable bonds is 3. The van der Waals surface area contributed by atoms with Crippen LogP contribution >= 0.6 is 15.9 Å². The van der Waals surface area contributed by atoms with Gasteiger partial charge in [0, 0.05) is 16.9 Å². The number of imidazole rings is 1. The summed E-state index contributed by atoms with van der Waals surface area (Å²) in [5, 5.41) is 2.76. The van der Waals surface area contributed by atoms with Gasteiger partial charge in [-0.2, -0.15) is 0 Å². The molecule has 0 saturated heterocycles. The van der Waals surface area contributed by atoms with Crippen LogP contribution in [0.1, 0.15) is 6.92 Å². The molecule has 1 amide bonds. The number of carbonyl (C=O) groups is 1. The Morgan fingerprint density at radius 3 is 2.67 bits per heavy atom. The molecule has 2 aromatic rings. The van der Waals surface area contributed by atoms with Gasteiger partial charge in [0.25, 0.3) is 0 Å². The standard InChI is InChI=1S/C11H13BrN4O2/c1-5(4-13)10(17)14-7-3-9-8(2-6(7)12)15-11(18)16-9/h2-3,5H,4,13H2,1H3,(H,14,17)(H2,15,16,18). The molecule has 0 spiro atoms. The lowest BCUT2D eigenvalue weighted by molar-refractivity contribution is -0.119. The highest BCUT2D eigenvalue weighted by atomic mass is 79.9. The van der Waals surface area contributed by atoms with Crippen LogP contribution in [0.15, 0.2) is 21.4 Å². The lowest BCUT2D eigenvalue weighted by Crippen LogP contribution is -2.26. The van der Waals surface area contributed by atoms with Crippen LogP contribution in [0.25, 0.3) is 11.0 Å². The van der Waals surface area contributed by atoms with Gasteiger partial charge < -0.3 is 21.0 Å². The number of aromatic nitrogens is 2. The zero-order chi connectivity index (χ0) is 13.3. The number of carbonyl (C=O) groups excluding carboxylic acids is 1. The minimum absolute atomic E-state index is 0.157. The van der Waals surface area contributed by atoms with Crippen LogP contribution in [0.4, 0.5) is 5.69 Å². The van der Waals surface area contributed by atoms with Gasteiger partial charge in [-0.05, 0) is 28.1 Å². The smallest absolute Gasteiger partial charge is 0.323 e. The molecule has 1 atom stereocenters. The monoisotopic (exact) mass is 312 g/mol. The third-order valence-electron chi connectivity index (χ3n) is 2.66. The van der Waals surface area contributed by atoms with E-state index in [9.17, 15) is 9.59 Å². The van der Waals surface area contributed by atoms with Crippen LogP contribution in [-0.4, -0.2) is 22.4 Å². The molecule has 1 unspecified atom stereocenters. The molecule has 0 radical (unpaired) electrons. The molecule has 0 bridgehead atoms. The third-order valence-corrected chi connectivity index (χ3v) is 3.32. The van der Waals surface area contributed by atoms with E-state index in [1.807, 2.05) is 0 Å². The predicted molar refractivity (Wildman–Crippen MR) is 73.5 cm³/mol. The van der Waals surface area contributed by atoms with Gasteiger partial charge in [-0.25, -0.2) is 4.79 Å². The van der Waals surface area contributed by atoms with E-state index in [1.165, 1.54) is 0 Å². The fourth-order valence-electron chi connectivity index (χ4n) is 1.51. The number of anilines is 1. The minimum Gasteiger partial charge on any atom is -0.330 e. The molecule has 2 rings (SSSR count). The highest BCUT2D eigenvalue weighted by Gasteiger charge is 2.13. The summed E-state index contributed by atoms with van der Waals surface area (Å²) in [4.78, 5) is 28.2. The first-order chi connectivity index (χ1) is 8.51. The highest BCUT2D eigenvalue weighted by Crippen LogP contribution is 2.26. The Morgan fingerprint density at radius 2 is 2.06 bits per heavy atom. The first-order valence-electron chi connectivity index (χ1n) is 5.43. The molecule has 0 aliphatic rings. The van der Waals surface area contributed by atoms with Crippen molar-refractivity contribution in [1.29, 1.82) is 0 Å². The van der Waals surface area contributed by atoms with Crippen LogP contribution in [0, 0.1) is 5.92 Å². The van der Waals surface area contributed by atoms with Crippen LogP contribution in [0.5, 0.6) is 0 Å². The average molecular weight is 313 g/mol. The molecular formula is C11H13BrN4O2. The Kier molecular flexibility index (Phi) is 3.53. The summed E-state index contributed by atoms with van der Waals surface area (Å²) in [6.45, 7) is 2.03. The molecule has 96 valence electrons. The second kappa shape index (κ2) is 4.95. The third kappa shape index (κ3) is 2.46. The summed E-state index contributed by atoms with van der Waals surface area (Å²) in [5.74, 6) is -0.423. The number of hydrogen-bond donors (Lipinski definition) is 4. The SMILES string of the molecule is CC(CN)C(=O)Nc1cc2[nH]c(=O)[nH]c2cc1Br. The van der Waals surface area contributed by atoms with Crippen molar-refractivity contribution in [3.8, 4) is 0 Å². The Hall–Kier alpha value is -1.60. The zero-order valence-electron chi connectivity index (χ0n) is 9.71. The summed E-state index contributed by atoms with van der Waals surface area (Å²) in [6.07, 6.45) is 0. The number of H-pyrrole nitrogens is 2. The molecule has 0 aliphatic heterocycles. The average Bonchev–Trinajstić information content (AvgIpc) is 2.67. The first-order valence-corrected chi connectivity index (χ1v) is 6.23. The maximum absolute atomic E-state index is 11.7. The molecule has 5 N–H and O–H groups in total. The second-order valence-corrected chi connectivity index (χ2v) is 4.94. The fourth-order valence-corrected chi connectivity index (χ4v) is 1.96. The van der Waals surface area contributed by atoms with E-state index in [-0.39, 0.29) is 24.1 Å². The number of halogens is 1. The Bertz CT molecular complexity index is 646. The van der Waals surface area contributed by atoms with Gasteiger partial charge in [0.2, 0.25) is 5.91 Å². The molecule has 0 fully saturated rings. The molecule has 1 aromatic heterocycles. The highest BCUT2D eigenvalue weighted by molar-refractivity contribution is 9.10. The quantitative estimate of drug-likeness (QED) is 0.683. The Morgan fingerprint density at radius 1 is 1.44 bits per heavy atom. The van der Waals surface area contributed by atoms with E-state index < -0.39 is 0 Å². The zero-order valence-corrected chi connectivity index (χ0v) is 11.3. The summed E-state index contributed by atoms with van der Waals surface area (Å²) in [7, 11) is 0. The van der Waals surface area contributed by atoms with E-state index in [2.05, 4.69) is 31.2 Å². The van der Waals surface area contributed by atoms with Gasteiger partial charge >= 0.3 is 5.69 Å². The second-order valence-electron chi connectivity index (χ2n) is 4.08. The summed E-state index contributed by atoms with van der Waals surface area (Å²) >= 11 is 3.34. The normalized spacial score (nSPS) is 12.6. The Labute approximate surface area is 111 Å². The van der Waals surface area contributed by atoms with Crippen molar-refractivity contribution in [3.63, 3.8) is 0 Å². The largest absolute Gasteiger partial charge is 0.330 e. The lowest BCUT2D eigenvalue weighted by atomic mass is 10.1. The molecule has 0 aliphatic carbocycles. The first kappa shape index (κ1) is 12.8. The predicted octanol–water partition coefficient (Wildman–Crippen LogP) is 1.15. The number of hydrogen-bond acceptors (Lipinski definition) is 3. The number of aromatic amines is 2. The van der Waals surface area contributed by atoms with Crippen LogP contribution in [-0.2, 0) is 4.79 Å². The van der Waals surface area contributed by atoms with Crippen molar-refractivity contribution in [2.75, 3.05) is 11.9 Å². The maximum atomic E-state index is 11.7. The molecule has 1 aromatic carbocycles. The molecule has 7 heteroatoms. The van der Waals surface area contributed by atoms with Crippen molar-refractivity contribution in [1.82, 2.24) is 9.97 Å². The van der Waals surface area contributed by atoms with Crippen LogP contribution < -0.4 is 16.7 Å². The van der Waals surface area contributed by atoms with Crippen molar-refractivity contribution < 1.29 is 4.79 Å². The van der Waals surface area contributed by atoms with E-state index in [0.717, 1.165) is 0 Å². The Balaban J connectivity index is 2.36. The number of amides is 1. The number of nitrogens with one attached hydrogen (secondary N) is 3. The van der Waals surface area contributed by atoms with Crippen molar-refractivity contribution >= 4 is 38.6 Å². The fraction of sp³-hybridized carbons (Fsp3) is 0.273. The molecule has 1 heterocycles. The topological polar surface area (TPSA) is 104 Å². The van der Waals surface area contributed by atoms with Crippen molar-refractivity contribution in [2.45, 2.75) is 6.92 Å². The molecule has 18 heavy (non-hydrogen) atoms. The van der Waals surface area contributed by atoms with E-state index >= 15 is 0 Å². The van der Waals surface area contributed by atoms with Crippen LogP contribution in [0.2, 0.25) is 0 Å². The van der Waals surface area contributed by atoms with Crippen molar-refractivity contribution in [2.24, 2.45) is 11.7 Å². The maximum Gasteiger partial charge on any atom is 0.323 e. The van der Waals surface area contributed by atoms with Gasteiger partial charge in [-0.15, -0.1) is 0 Å². The number of benzene rings is 1. The summed E-state index contributed by atoms with van der Waals surface area (Å²) < 4.78 is 0.697. The number of fused-ring (bicyclic) bond motifs is 1. The van der Waals surface area contributed by atoms with Gasteiger partial charge in [0.15, 0.2) is 0 Å². The van der Waals surface area contributed by atoms with Gasteiger partial charge in [-0.1, -0.05) is 6.92 Å². The molecule has 6 nitrogen and oxygen atoms in total. The number of nitrogens with two attached hydrogens (primary N) is 1. The van der Waals surface area contributed by atoms with Crippen molar-refractivity contribution in [3.05, 3.63) is 27.1 Å².